The number of hydrogen-bond acceptors (Lipinski definition) is 4. The van der Waals surface area contributed by atoms with Gasteiger partial charge in [0.15, 0.2) is 0 Å². The number of hydrogen-bond donors (Lipinski definition) is 2. The third-order valence-corrected chi connectivity index (χ3v) is 1.54. The van der Waals surface area contributed by atoms with Crippen LogP contribution in [-0.4, -0.2) is 34.4 Å². The van der Waals surface area contributed by atoms with Gasteiger partial charge in [-0.2, -0.15) is 18.2 Å². The fourth-order valence-corrected chi connectivity index (χ4v) is 0.843. The SMILES string of the molecule is COc1n[nH]c(NC(=O)CCC(F)(F)F)n1. The quantitative estimate of drug-likeness (QED) is 0.822. The van der Waals surface area contributed by atoms with E-state index < -0.39 is 24.9 Å². The molecule has 1 heterocycles. The maximum atomic E-state index is 11.8. The van der Waals surface area contributed by atoms with E-state index in [9.17, 15) is 18.0 Å². The van der Waals surface area contributed by atoms with E-state index in [1.165, 1.54) is 7.11 Å². The summed E-state index contributed by atoms with van der Waals surface area (Å²) in [5, 5.41) is 7.91. The van der Waals surface area contributed by atoms with Gasteiger partial charge in [0.2, 0.25) is 11.9 Å². The summed E-state index contributed by atoms with van der Waals surface area (Å²) in [5.74, 6) is -0.847. The molecular weight excluding hydrogens is 229 g/mol. The van der Waals surface area contributed by atoms with E-state index in [4.69, 9.17) is 0 Å². The van der Waals surface area contributed by atoms with E-state index in [1.54, 1.807) is 0 Å². The molecule has 0 aliphatic heterocycles. The number of amides is 1. The van der Waals surface area contributed by atoms with Crippen molar-refractivity contribution in [2.75, 3.05) is 12.4 Å². The van der Waals surface area contributed by atoms with Gasteiger partial charge in [0.25, 0.3) is 0 Å². The Labute approximate surface area is 88.2 Å². The second kappa shape index (κ2) is 4.81. The minimum absolute atomic E-state index is 0.00822. The first-order chi connectivity index (χ1) is 7.40. The molecule has 0 saturated carbocycles. The smallest absolute Gasteiger partial charge is 0.389 e. The van der Waals surface area contributed by atoms with Crippen LogP contribution in [0.15, 0.2) is 0 Å². The zero-order valence-electron chi connectivity index (χ0n) is 8.26. The van der Waals surface area contributed by atoms with Crippen LogP contribution in [0.2, 0.25) is 0 Å². The predicted octanol–water partition coefficient (Wildman–Crippen LogP) is 1.09. The Morgan fingerprint density at radius 3 is 2.75 bits per heavy atom. The van der Waals surface area contributed by atoms with Gasteiger partial charge in [-0.1, -0.05) is 0 Å². The van der Waals surface area contributed by atoms with Gasteiger partial charge in [0.1, 0.15) is 0 Å². The average molecular weight is 238 g/mol. The highest BCUT2D eigenvalue weighted by Gasteiger charge is 2.28. The number of anilines is 1. The summed E-state index contributed by atoms with van der Waals surface area (Å²) < 4.78 is 39.9. The molecule has 1 rings (SSSR count). The first-order valence-corrected chi connectivity index (χ1v) is 4.23. The number of ether oxygens (including phenoxy) is 1. The molecule has 90 valence electrons. The van der Waals surface area contributed by atoms with Gasteiger partial charge in [-0.15, -0.1) is 5.10 Å². The van der Waals surface area contributed by atoms with Gasteiger partial charge in [-0.25, -0.2) is 5.10 Å². The van der Waals surface area contributed by atoms with Crippen LogP contribution in [0.25, 0.3) is 0 Å². The zero-order valence-corrected chi connectivity index (χ0v) is 8.26. The molecule has 0 atom stereocenters. The number of nitrogens with one attached hydrogen (secondary N) is 2. The van der Waals surface area contributed by atoms with E-state index in [1.807, 2.05) is 0 Å². The Morgan fingerprint density at radius 1 is 1.56 bits per heavy atom. The third kappa shape index (κ3) is 4.15. The van der Waals surface area contributed by atoms with E-state index >= 15 is 0 Å². The molecule has 0 spiro atoms. The van der Waals surface area contributed by atoms with Crippen molar-refractivity contribution in [1.29, 1.82) is 0 Å². The normalized spacial score (nSPS) is 11.2. The fraction of sp³-hybridized carbons (Fsp3) is 0.571. The Hall–Kier alpha value is -1.80. The molecule has 1 aromatic rings. The molecule has 0 fully saturated rings. The van der Waals surface area contributed by atoms with Gasteiger partial charge in [0, 0.05) is 6.42 Å². The van der Waals surface area contributed by atoms with Crippen LogP contribution in [0.5, 0.6) is 6.01 Å². The van der Waals surface area contributed by atoms with E-state index in [2.05, 4.69) is 25.2 Å². The first-order valence-electron chi connectivity index (χ1n) is 4.23. The minimum atomic E-state index is -4.35. The lowest BCUT2D eigenvalue weighted by Crippen LogP contribution is -2.17. The number of carbonyl (C=O) groups is 1. The van der Waals surface area contributed by atoms with Crippen molar-refractivity contribution >= 4 is 11.9 Å². The highest BCUT2D eigenvalue weighted by molar-refractivity contribution is 5.88. The Balaban J connectivity index is 2.40. The monoisotopic (exact) mass is 238 g/mol. The first kappa shape index (κ1) is 12.3. The van der Waals surface area contributed by atoms with Crippen molar-refractivity contribution in [3.63, 3.8) is 0 Å². The van der Waals surface area contributed by atoms with E-state index in [0.717, 1.165) is 0 Å². The molecule has 0 aliphatic rings. The maximum absolute atomic E-state index is 11.8. The number of halogens is 3. The summed E-state index contributed by atoms with van der Waals surface area (Å²) in [7, 11) is 1.32. The molecular formula is C7H9F3N4O2. The molecule has 0 bridgehead atoms. The van der Waals surface area contributed by atoms with Crippen molar-refractivity contribution in [1.82, 2.24) is 15.2 Å². The number of nitrogens with zero attached hydrogens (tertiary/aromatic N) is 2. The second-order valence-corrected chi connectivity index (χ2v) is 2.83. The summed E-state index contributed by atoms with van der Waals surface area (Å²) in [6.07, 6.45) is -6.19. The van der Waals surface area contributed by atoms with Crippen molar-refractivity contribution in [2.45, 2.75) is 19.0 Å². The van der Waals surface area contributed by atoms with Gasteiger partial charge < -0.3 is 4.74 Å². The third-order valence-electron chi connectivity index (χ3n) is 1.54. The number of aromatic amines is 1. The van der Waals surface area contributed by atoms with E-state index in [-0.39, 0.29) is 12.0 Å². The zero-order chi connectivity index (χ0) is 12.2. The Kier molecular flexibility index (Phi) is 3.69. The highest BCUT2D eigenvalue weighted by Crippen LogP contribution is 2.21. The van der Waals surface area contributed by atoms with Crippen LogP contribution in [0, 0.1) is 0 Å². The van der Waals surface area contributed by atoms with Gasteiger partial charge in [0.05, 0.1) is 13.5 Å². The molecule has 1 amide bonds. The number of methoxy groups -OCH3 is 1. The molecule has 0 aliphatic carbocycles. The number of alkyl halides is 3. The van der Waals surface area contributed by atoms with Crippen LogP contribution in [0.1, 0.15) is 12.8 Å². The minimum Gasteiger partial charge on any atom is -0.466 e. The van der Waals surface area contributed by atoms with Crippen LogP contribution < -0.4 is 10.1 Å². The van der Waals surface area contributed by atoms with Crippen LogP contribution in [0.3, 0.4) is 0 Å². The molecule has 16 heavy (non-hydrogen) atoms. The van der Waals surface area contributed by atoms with Crippen molar-refractivity contribution in [3.8, 4) is 6.01 Å². The Bertz CT molecular complexity index is 363. The summed E-state index contributed by atoms with van der Waals surface area (Å²) in [5.41, 5.74) is 0. The largest absolute Gasteiger partial charge is 0.466 e. The average Bonchev–Trinajstić information content (AvgIpc) is 2.61. The summed E-state index contributed by atoms with van der Waals surface area (Å²) in [4.78, 5) is 14.6. The van der Waals surface area contributed by atoms with Crippen molar-refractivity contribution in [2.24, 2.45) is 0 Å². The van der Waals surface area contributed by atoms with Crippen molar-refractivity contribution < 1.29 is 22.7 Å². The molecule has 0 aromatic carbocycles. The predicted molar refractivity (Wildman–Crippen MR) is 46.9 cm³/mol. The number of carbonyl (C=O) groups excluding carboxylic acids is 1. The molecule has 0 unspecified atom stereocenters. The van der Waals surface area contributed by atoms with E-state index in [0.29, 0.717) is 0 Å². The fourth-order valence-electron chi connectivity index (χ4n) is 0.843. The summed E-state index contributed by atoms with van der Waals surface area (Å²) in [6.45, 7) is 0. The second-order valence-electron chi connectivity index (χ2n) is 2.83. The standard InChI is InChI=1S/C7H9F3N4O2/c1-16-6-12-5(13-14-6)11-4(15)2-3-7(8,9)10/h2-3H2,1H3,(H2,11,12,13,14,15). The van der Waals surface area contributed by atoms with Gasteiger partial charge in [-0.05, 0) is 0 Å². The lowest BCUT2D eigenvalue weighted by atomic mass is 10.3. The molecule has 1 aromatic heterocycles. The lowest BCUT2D eigenvalue weighted by Gasteiger charge is -2.04. The van der Waals surface area contributed by atoms with Crippen LogP contribution in [0.4, 0.5) is 19.1 Å². The number of H-pyrrole nitrogens is 1. The van der Waals surface area contributed by atoms with Crippen LogP contribution in [-0.2, 0) is 4.79 Å². The highest BCUT2D eigenvalue weighted by atomic mass is 19.4. The summed E-state index contributed by atoms with van der Waals surface area (Å²) >= 11 is 0. The number of aromatic nitrogens is 3. The van der Waals surface area contributed by atoms with Gasteiger partial charge in [-0.3, -0.25) is 10.1 Å². The topological polar surface area (TPSA) is 79.9 Å². The molecule has 0 radical (unpaired) electrons. The molecule has 0 saturated heterocycles. The molecule has 9 heteroatoms. The Morgan fingerprint density at radius 2 is 2.25 bits per heavy atom. The van der Waals surface area contributed by atoms with Gasteiger partial charge >= 0.3 is 12.2 Å². The molecule has 6 nitrogen and oxygen atoms in total. The summed E-state index contributed by atoms with van der Waals surface area (Å²) in [6, 6.07) is -0.00822. The number of rotatable bonds is 4. The van der Waals surface area contributed by atoms with Crippen LogP contribution >= 0.6 is 0 Å². The van der Waals surface area contributed by atoms with Crippen molar-refractivity contribution in [3.05, 3.63) is 0 Å². The lowest BCUT2D eigenvalue weighted by molar-refractivity contribution is -0.142. The molecule has 2 N–H and O–H groups in total. The maximum Gasteiger partial charge on any atom is 0.389 e.